The lowest BCUT2D eigenvalue weighted by Gasteiger charge is -2.06. The molecule has 13 heavy (non-hydrogen) atoms. The summed E-state index contributed by atoms with van der Waals surface area (Å²) in [6, 6.07) is 9.15. The maximum Gasteiger partial charge on any atom is 0.127 e. The first-order valence-corrected chi connectivity index (χ1v) is 3.87. The van der Waals surface area contributed by atoms with Crippen molar-refractivity contribution < 1.29 is 4.74 Å². The SMILES string of the molecule is COc1ccccc1C(=N)CC#N. The van der Waals surface area contributed by atoms with Gasteiger partial charge in [-0.3, -0.25) is 0 Å². The van der Waals surface area contributed by atoms with Gasteiger partial charge in [0.1, 0.15) is 5.75 Å². The zero-order valence-corrected chi connectivity index (χ0v) is 7.37. The van der Waals surface area contributed by atoms with Crippen molar-refractivity contribution in [3.8, 4) is 11.8 Å². The second-order valence-electron chi connectivity index (χ2n) is 2.51. The summed E-state index contributed by atoms with van der Waals surface area (Å²) in [5.74, 6) is 0.641. The number of methoxy groups -OCH3 is 1. The third-order valence-corrected chi connectivity index (χ3v) is 1.69. The van der Waals surface area contributed by atoms with Gasteiger partial charge in [0, 0.05) is 5.56 Å². The number of nitrogens with zero attached hydrogens (tertiary/aromatic N) is 1. The van der Waals surface area contributed by atoms with Crippen LogP contribution in [-0.4, -0.2) is 12.8 Å². The van der Waals surface area contributed by atoms with E-state index in [-0.39, 0.29) is 6.42 Å². The molecule has 0 unspecified atom stereocenters. The smallest absolute Gasteiger partial charge is 0.127 e. The van der Waals surface area contributed by atoms with Crippen LogP contribution in [0.5, 0.6) is 5.75 Å². The molecule has 3 heteroatoms. The lowest BCUT2D eigenvalue weighted by molar-refractivity contribution is 0.414. The molecule has 0 aliphatic rings. The molecule has 0 saturated heterocycles. The fourth-order valence-electron chi connectivity index (χ4n) is 1.07. The number of nitrogens with one attached hydrogen (secondary N) is 1. The number of hydrogen-bond acceptors (Lipinski definition) is 3. The zero-order valence-electron chi connectivity index (χ0n) is 7.37. The Morgan fingerprint density at radius 2 is 2.23 bits per heavy atom. The third kappa shape index (κ3) is 2.06. The Morgan fingerprint density at radius 1 is 1.54 bits per heavy atom. The van der Waals surface area contributed by atoms with E-state index in [0.717, 1.165) is 0 Å². The molecule has 0 aromatic heterocycles. The predicted molar refractivity (Wildman–Crippen MR) is 50.1 cm³/mol. The normalized spacial score (nSPS) is 8.92. The average Bonchev–Trinajstić information content (AvgIpc) is 2.18. The van der Waals surface area contributed by atoms with Crippen LogP contribution in [0.3, 0.4) is 0 Å². The summed E-state index contributed by atoms with van der Waals surface area (Å²) < 4.78 is 5.06. The summed E-state index contributed by atoms with van der Waals surface area (Å²) in [4.78, 5) is 0. The summed E-state index contributed by atoms with van der Waals surface area (Å²) in [7, 11) is 1.55. The Kier molecular flexibility index (Phi) is 3.04. The summed E-state index contributed by atoms with van der Waals surface area (Å²) in [6.07, 6.45) is 0.111. The Morgan fingerprint density at radius 3 is 2.85 bits per heavy atom. The van der Waals surface area contributed by atoms with E-state index in [0.29, 0.717) is 17.0 Å². The second kappa shape index (κ2) is 4.27. The lowest BCUT2D eigenvalue weighted by Crippen LogP contribution is -2.00. The number of nitriles is 1. The molecule has 1 aromatic rings. The van der Waals surface area contributed by atoms with Crippen LogP contribution in [-0.2, 0) is 0 Å². The van der Waals surface area contributed by atoms with Gasteiger partial charge in [0.05, 0.1) is 25.3 Å². The molecule has 3 nitrogen and oxygen atoms in total. The zero-order chi connectivity index (χ0) is 9.68. The van der Waals surface area contributed by atoms with E-state index in [1.165, 1.54) is 0 Å². The van der Waals surface area contributed by atoms with Crippen LogP contribution >= 0.6 is 0 Å². The van der Waals surface area contributed by atoms with Crippen molar-refractivity contribution in [1.82, 2.24) is 0 Å². The number of benzene rings is 1. The van der Waals surface area contributed by atoms with E-state index in [2.05, 4.69) is 0 Å². The molecule has 0 aliphatic heterocycles. The van der Waals surface area contributed by atoms with Gasteiger partial charge in [0.2, 0.25) is 0 Å². The maximum atomic E-state index is 8.43. The van der Waals surface area contributed by atoms with Crippen molar-refractivity contribution in [2.75, 3.05) is 7.11 Å². The van der Waals surface area contributed by atoms with E-state index < -0.39 is 0 Å². The maximum absolute atomic E-state index is 8.43. The van der Waals surface area contributed by atoms with Crippen molar-refractivity contribution in [2.45, 2.75) is 6.42 Å². The van der Waals surface area contributed by atoms with Gasteiger partial charge in [-0.1, -0.05) is 12.1 Å². The molecule has 0 heterocycles. The van der Waals surface area contributed by atoms with E-state index in [1.54, 1.807) is 19.2 Å². The van der Waals surface area contributed by atoms with Gasteiger partial charge in [-0.2, -0.15) is 5.26 Å². The van der Waals surface area contributed by atoms with Crippen molar-refractivity contribution in [1.29, 1.82) is 10.7 Å². The Balaban J connectivity index is 3.00. The highest BCUT2D eigenvalue weighted by Crippen LogP contribution is 2.18. The quantitative estimate of drug-likeness (QED) is 0.712. The second-order valence-corrected chi connectivity index (χ2v) is 2.51. The van der Waals surface area contributed by atoms with Crippen LogP contribution in [0.25, 0.3) is 0 Å². The van der Waals surface area contributed by atoms with Gasteiger partial charge < -0.3 is 10.1 Å². The van der Waals surface area contributed by atoms with Gasteiger partial charge >= 0.3 is 0 Å². The minimum absolute atomic E-state index is 0.111. The Hall–Kier alpha value is -1.82. The molecule has 0 bridgehead atoms. The Labute approximate surface area is 77.1 Å². The first kappa shape index (κ1) is 9.27. The average molecular weight is 174 g/mol. The van der Waals surface area contributed by atoms with Gasteiger partial charge in [-0.15, -0.1) is 0 Å². The van der Waals surface area contributed by atoms with Crippen LogP contribution in [0.1, 0.15) is 12.0 Å². The summed E-state index contributed by atoms with van der Waals surface area (Å²) in [6.45, 7) is 0. The lowest BCUT2D eigenvalue weighted by atomic mass is 10.1. The van der Waals surface area contributed by atoms with Crippen molar-refractivity contribution in [3.05, 3.63) is 29.8 Å². The van der Waals surface area contributed by atoms with Crippen molar-refractivity contribution in [3.63, 3.8) is 0 Å². The third-order valence-electron chi connectivity index (χ3n) is 1.69. The number of ether oxygens (including phenoxy) is 1. The predicted octanol–water partition coefficient (Wildman–Crippen LogP) is 1.98. The molecule has 0 saturated carbocycles. The van der Waals surface area contributed by atoms with E-state index in [1.807, 2.05) is 18.2 Å². The molecular weight excluding hydrogens is 164 g/mol. The first-order chi connectivity index (χ1) is 6.29. The number of rotatable bonds is 3. The fourth-order valence-corrected chi connectivity index (χ4v) is 1.07. The Bertz CT molecular complexity index is 352. The van der Waals surface area contributed by atoms with Crippen LogP contribution in [0.4, 0.5) is 0 Å². The monoisotopic (exact) mass is 174 g/mol. The van der Waals surface area contributed by atoms with Gasteiger partial charge in [0.15, 0.2) is 0 Å². The largest absolute Gasteiger partial charge is 0.496 e. The van der Waals surface area contributed by atoms with Crippen LogP contribution in [0, 0.1) is 16.7 Å². The summed E-state index contributed by atoms with van der Waals surface area (Å²) in [5, 5.41) is 16.0. The van der Waals surface area contributed by atoms with Crippen LogP contribution in [0.15, 0.2) is 24.3 Å². The summed E-state index contributed by atoms with van der Waals surface area (Å²) in [5.41, 5.74) is 0.978. The molecule has 1 N–H and O–H groups in total. The standard InChI is InChI=1S/C10H10N2O/c1-13-10-5-3-2-4-8(10)9(12)6-7-11/h2-5,12H,6H2,1H3. The van der Waals surface area contributed by atoms with Crippen LogP contribution in [0.2, 0.25) is 0 Å². The fraction of sp³-hybridized carbons (Fsp3) is 0.200. The molecule has 1 aromatic carbocycles. The minimum atomic E-state index is 0.111. The topological polar surface area (TPSA) is 56.9 Å². The van der Waals surface area contributed by atoms with Gasteiger partial charge in [-0.05, 0) is 12.1 Å². The highest BCUT2D eigenvalue weighted by molar-refractivity contribution is 6.01. The van der Waals surface area contributed by atoms with E-state index in [9.17, 15) is 0 Å². The number of para-hydroxylation sites is 1. The van der Waals surface area contributed by atoms with Gasteiger partial charge in [-0.25, -0.2) is 0 Å². The first-order valence-electron chi connectivity index (χ1n) is 3.87. The molecule has 0 aliphatic carbocycles. The van der Waals surface area contributed by atoms with Crippen LogP contribution < -0.4 is 4.74 Å². The highest BCUT2D eigenvalue weighted by atomic mass is 16.5. The molecular formula is C10H10N2O. The molecule has 0 spiro atoms. The van der Waals surface area contributed by atoms with Crippen molar-refractivity contribution >= 4 is 5.71 Å². The molecule has 66 valence electrons. The molecule has 0 amide bonds. The molecule has 0 radical (unpaired) electrons. The van der Waals surface area contributed by atoms with Crippen molar-refractivity contribution in [2.24, 2.45) is 0 Å². The summed E-state index contributed by atoms with van der Waals surface area (Å²) >= 11 is 0. The van der Waals surface area contributed by atoms with E-state index >= 15 is 0 Å². The highest BCUT2D eigenvalue weighted by Gasteiger charge is 2.06. The van der Waals surface area contributed by atoms with E-state index in [4.69, 9.17) is 15.4 Å². The molecule has 0 fully saturated rings. The molecule has 1 rings (SSSR count). The number of hydrogen-bond donors (Lipinski definition) is 1. The molecule has 0 atom stereocenters. The minimum Gasteiger partial charge on any atom is -0.496 e. The van der Waals surface area contributed by atoms with Gasteiger partial charge in [0.25, 0.3) is 0 Å².